The minimum absolute atomic E-state index is 0.116. The lowest BCUT2D eigenvalue weighted by Crippen LogP contribution is -2.46. The molecule has 1 aromatic heterocycles. The molecule has 23 heavy (non-hydrogen) atoms. The summed E-state index contributed by atoms with van der Waals surface area (Å²) in [7, 11) is -0.210. The molecular weight excluding hydrogens is 314 g/mol. The van der Waals surface area contributed by atoms with Crippen LogP contribution in [0.1, 0.15) is 37.4 Å². The first-order valence-corrected chi connectivity index (χ1v) is 9.80. The van der Waals surface area contributed by atoms with Crippen LogP contribution in [-0.2, 0) is 16.8 Å². The molecule has 2 aliphatic rings. The molecule has 0 N–H and O–H groups in total. The quantitative estimate of drug-likeness (QED) is 0.799. The summed E-state index contributed by atoms with van der Waals surface area (Å²) in [5.41, 5.74) is 0.977. The number of nitrogens with zero attached hydrogens (tertiary/aromatic N) is 5. The van der Waals surface area contributed by atoms with Gasteiger partial charge < -0.3 is 4.90 Å². The average Bonchev–Trinajstić information content (AvgIpc) is 3.02. The Kier molecular flexibility index (Phi) is 5.05. The molecule has 130 valence electrons. The van der Waals surface area contributed by atoms with Crippen LogP contribution in [-0.4, -0.2) is 72.0 Å². The van der Waals surface area contributed by atoms with E-state index < -0.39 is 10.2 Å². The molecule has 1 fully saturated rings. The van der Waals surface area contributed by atoms with Gasteiger partial charge in [0.15, 0.2) is 0 Å². The maximum atomic E-state index is 12.5. The SMILES string of the molecule is CN(C)S(=O)(=O)N1Cc2ccnn2[C@@H](CCN2CCCCC2)C1. The van der Waals surface area contributed by atoms with Crippen LogP contribution in [0.2, 0.25) is 0 Å². The Hall–Kier alpha value is -0.960. The standard InChI is InChI=1S/C15H27N5O2S/c1-17(2)23(21,22)19-12-14-6-8-16-20(14)15(13-19)7-11-18-9-4-3-5-10-18/h6,8,15H,3-5,7,9-13H2,1-2H3/t15-/m0/s1. The summed E-state index contributed by atoms with van der Waals surface area (Å²) in [6.45, 7) is 4.25. The predicted molar refractivity (Wildman–Crippen MR) is 89.2 cm³/mol. The van der Waals surface area contributed by atoms with E-state index in [9.17, 15) is 8.42 Å². The summed E-state index contributed by atoms with van der Waals surface area (Å²) >= 11 is 0. The van der Waals surface area contributed by atoms with E-state index in [2.05, 4.69) is 10.00 Å². The fourth-order valence-corrected chi connectivity index (χ4v) is 4.61. The zero-order chi connectivity index (χ0) is 16.4. The van der Waals surface area contributed by atoms with E-state index in [-0.39, 0.29) is 6.04 Å². The third-order valence-corrected chi connectivity index (χ3v) is 6.72. The second-order valence-corrected chi connectivity index (χ2v) is 8.84. The smallest absolute Gasteiger partial charge is 0.281 e. The molecule has 8 heteroatoms. The first-order chi connectivity index (χ1) is 11.0. The maximum Gasteiger partial charge on any atom is 0.281 e. The molecule has 0 aliphatic carbocycles. The summed E-state index contributed by atoms with van der Waals surface area (Å²) in [6.07, 6.45) is 6.60. The lowest BCUT2D eigenvalue weighted by atomic mass is 10.1. The number of aromatic nitrogens is 2. The summed E-state index contributed by atoms with van der Waals surface area (Å²) in [5.74, 6) is 0. The Morgan fingerprint density at radius 1 is 1.26 bits per heavy atom. The zero-order valence-corrected chi connectivity index (χ0v) is 14.9. The molecule has 0 bridgehead atoms. The first-order valence-electron chi connectivity index (χ1n) is 8.41. The van der Waals surface area contributed by atoms with Crippen molar-refractivity contribution in [2.24, 2.45) is 0 Å². The van der Waals surface area contributed by atoms with Crippen LogP contribution < -0.4 is 0 Å². The maximum absolute atomic E-state index is 12.5. The van der Waals surface area contributed by atoms with Crippen molar-refractivity contribution >= 4 is 10.2 Å². The van der Waals surface area contributed by atoms with Crippen molar-refractivity contribution in [3.63, 3.8) is 0 Å². The van der Waals surface area contributed by atoms with Crippen molar-refractivity contribution in [1.29, 1.82) is 0 Å². The van der Waals surface area contributed by atoms with Gasteiger partial charge in [0.25, 0.3) is 10.2 Å². The lowest BCUT2D eigenvalue weighted by Gasteiger charge is -2.35. The molecule has 7 nitrogen and oxygen atoms in total. The number of hydrogen-bond acceptors (Lipinski definition) is 4. The molecular formula is C15H27N5O2S. The van der Waals surface area contributed by atoms with Gasteiger partial charge in [-0.05, 0) is 38.4 Å². The van der Waals surface area contributed by atoms with E-state index in [0.29, 0.717) is 13.1 Å². The van der Waals surface area contributed by atoms with E-state index in [0.717, 1.165) is 18.7 Å². The summed E-state index contributed by atoms with van der Waals surface area (Å²) in [6, 6.07) is 2.04. The molecule has 0 radical (unpaired) electrons. The molecule has 3 rings (SSSR count). The molecule has 0 amide bonds. The Morgan fingerprint density at radius 3 is 2.70 bits per heavy atom. The van der Waals surface area contributed by atoms with Gasteiger partial charge in [0.05, 0.1) is 18.3 Å². The van der Waals surface area contributed by atoms with Crippen molar-refractivity contribution in [2.45, 2.75) is 38.3 Å². The topological polar surface area (TPSA) is 61.7 Å². The number of likely N-dealkylation sites (tertiary alicyclic amines) is 1. The van der Waals surface area contributed by atoms with E-state index in [1.54, 1.807) is 24.6 Å². The summed E-state index contributed by atoms with van der Waals surface area (Å²) in [4.78, 5) is 2.49. The Morgan fingerprint density at radius 2 is 2.00 bits per heavy atom. The molecule has 2 aliphatic heterocycles. The van der Waals surface area contributed by atoms with Crippen molar-refractivity contribution in [1.82, 2.24) is 23.3 Å². The van der Waals surface area contributed by atoms with Crippen LogP contribution in [0.5, 0.6) is 0 Å². The van der Waals surface area contributed by atoms with E-state index in [1.165, 1.54) is 36.7 Å². The Balaban J connectivity index is 1.71. The van der Waals surface area contributed by atoms with Crippen LogP contribution in [0.3, 0.4) is 0 Å². The normalized spacial score (nSPS) is 24.0. The van der Waals surface area contributed by atoms with Gasteiger partial charge in [0.2, 0.25) is 0 Å². The molecule has 1 atom stereocenters. The highest BCUT2D eigenvalue weighted by atomic mass is 32.2. The first kappa shape index (κ1) is 16.9. The van der Waals surface area contributed by atoms with Crippen molar-refractivity contribution in [3.8, 4) is 0 Å². The second kappa shape index (κ2) is 6.88. The minimum Gasteiger partial charge on any atom is -0.303 e. The van der Waals surface area contributed by atoms with Crippen molar-refractivity contribution < 1.29 is 8.42 Å². The number of hydrogen-bond donors (Lipinski definition) is 0. The van der Waals surface area contributed by atoms with Gasteiger partial charge in [-0.2, -0.15) is 22.1 Å². The third-order valence-electron chi connectivity index (χ3n) is 4.87. The van der Waals surface area contributed by atoms with Gasteiger partial charge >= 0.3 is 0 Å². The van der Waals surface area contributed by atoms with Crippen molar-refractivity contribution in [2.75, 3.05) is 40.3 Å². The monoisotopic (exact) mass is 341 g/mol. The van der Waals surface area contributed by atoms with Gasteiger partial charge in [-0.1, -0.05) is 6.42 Å². The second-order valence-electron chi connectivity index (χ2n) is 6.69. The Labute approximate surface area is 139 Å². The molecule has 0 unspecified atom stereocenters. The Bertz CT molecular complexity index is 622. The van der Waals surface area contributed by atoms with Gasteiger partial charge in [-0.3, -0.25) is 4.68 Å². The minimum atomic E-state index is -3.38. The fourth-order valence-electron chi connectivity index (χ4n) is 3.49. The zero-order valence-electron chi connectivity index (χ0n) is 14.1. The lowest BCUT2D eigenvalue weighted by molar-refractivity contribution is 0.186. The average molecular weight is 341 g/mol. The highest BCUT2D eigenvalue weighted by molar-refractivity contribution is 7.86. The van der Waals surface area contributed by atoms with Gasteiger partial charge in [-0.25, -0.2) is 0 Å². The van der Waals surface area contributed by atoms with E-state index >= 15 is 0 Å². The predicted octanol–water partition coefficient (Wildman–Crippen LogP) is 0.922. The highest BCUT2D eigenvalue weighted by Crippen LogP contribution is 2.26. The van der Waals surface area contributed by atoms with Crippen LogP contribution >= 0.6 is 0 Å². The van der Waals surface area contributed by atoms with E-state index in [4.69, 9.17) is 0 Å². The molecule has 1 aromatic rings. The van der Waals surface area contributed by atoms with Crippen LogP contribution in [0.25, 0.3) is 0 Å². The molecule has 1 saturated heterocycles. The molecule has 0 saturated carbocycles. The van der Waals surface area contributed by atoms with E-state index in [1.807, 2.05) is 10.7 Å². The molecule has 0 aromatic carbocycles. The number of rotatable bonds is 5. The van der Waals surface area contributed by atoms with Crippen LogP contribution in [0, 0.1) is 0 Å². The van der Waals surface area contributed by atoms with Gasteiger partial charge in [-0.15, -0.1) is 0 Å². The van der Waals surface area contributed by atoms with Gasteiger partial charge in [0, 0.05) is 33.4 Å². The molecule has 0 spiro atoms. The van der Waals surface area contributed by atoms with Crippen LogP contribution in [0.15, 0.2) is 12.3 Å². The third kappa shape index (κ3) is 3.60. The van der Waals surface area contributed by atoms with Crippen molar-refractivity contribution in [3.05, 3.63) is 18.0 Å². The molecule has 3 heterocycles. The fraction of sp³-hybridized carbons (Fsp3) is 0.800. The van der Waals surface area contributed by atoms with Gasteiger partial charge in [0.1, 0.15) is 0 Å². The van der Waals surface area contributed by atoms with Crippen LogP contribution in [0.4, 0.5) is 0 Å². The summed E-state index contributed by atoms with van der Waals surface area (Å²) in [5, 5.41) is 4.43. The number of piperidine rings is 1. The number of fused-ring (bicyclic) bond motifs is 1. The highest BCUT2D eigenvalue weighted by Gasteiger charge is 2.34. The largest absolute Gasteiger partial charge is 0.303 e. The summed E-state index contributed by atoms with van der Waals surface area (Å²) < 4.78 is 29.8.